The number of nitrogens with zero attached hydrogens (tertiary/aromatic N) is 3. The number of halogens is 2. The fraction of sp³-hybridized carbons (Fsp3) is 0.111. The van der Waals surface area contributed by atoms with Gasteiger partial charge in [0.15, 0.2) is 0 Å². The Hall–Kier alpha value is -2.14. The van der Waals surface area contributed by atoms with Gasteiger partial charge in [0.2, 0.25) is 0 Å². The molecule has 3 aromatic rings. The van der Waals surface area contributed by atoms with Crippen LogP contribution in [0.1, 0.15) is 11.1 Å². The number of pyridine rings is 1. The third kappa shape index (κ3) is 3.85. The summed E-state index contributed by atoms with van der Waals surface area (Å²) < 4.78 is 1.81. The van der Waals surface area contributed by atoms with Gasteiger partial charge in [0, 0.05) is 40.4 Å². The molecule has 1 aromatic carbocycles. The SMILES string of the molecule is OC(C=Cc1ccc(Cl)cc1Cl)(Cn1ccnc1)c1cccnc1. The fourth-order valence-electron chi connectivity index (χ4n) is 2.38. The number of imidazole rings is 1. The summed E-state index contributed by atoms with van der Waals surface area (Å²) in [5.74, 6) is 0. The van der Waals surface area contributed by atoms with Crippen molar-refractivity contribution in [2.75, 3.05) is 0 Å². The molecular weight excluding hydrogens is 345 g/mol. The minimum atomic E-state index is -1.25. The molecule has 3 rings (SSSR count). The summed E-state index contributed by atoms with van der Waals surface area (Å²) in [4.78, 5) is 8.12. The lowest BCUT2D eigenvalue weighted by Gasteiger charge is -2.25. The van der Waals surface area contributed by atoms with Crippen LogP contribution in [0.5, 0.6) is 0 Å². The Morgan fingerprint density at radius 2 is 2.04 bits per heavy atom. The van der Waals surface area contributed by atoms with Crippen molar-refractivity contribution < 1.29 is 5.11 Å². The summed E-state index contributed by atoms with van der Waals surface area (Å²) in [6.07, 6.45) is 11.9. The van der Waals surface area contributed by atoms with Crippen LogP contribution in [0.2, 0.25) is 10.0 Å². The van der Waals surface area contributed by atoms with E-state index in [9.17, 15) is 5.11 Å². The number of hydrogen-bond acceptors (Lipinski definition) is 3. The van der Waals surface area contributed by atoms with E-state index in [0.29, 0.717) is 22.2 Å². The lowest BCUT2D eigenvalue weighted by atomic mass is 9.93. The number of hydrogen-bond donors (Lipinski definition) is 1. The third-order valence-electron chi connectivity index (χ3n) is 3.65. The molecule has 0 saturated heterocycles. The number of benzene rings is 1. The molecule has 0 spiro atoms. The Kier molecular flexibility index (Phi) is 5.00. The van der Waals surface area contributed by atoms with Gasteiger partial charge in [-0.3, -0.25) is 4.98 Å². The molecule has 0 aliphatic carbocycles. The standard InChI is InChI=1S/C18H15Cl2N3O/c19-16-4-3-14(17(20)10-16)5-6-18(24,12-23-9-8-22-13-23)15-2-1-7-21-11-15/h1-11,13,24H,12H2. The Morgan fingerprint density at radius 3 is 2.71 bits per heavy atom. The first kappa shape index (κ1) is 16.7. The zero-order chi connectivity index (χ0) is 17.0. The smallest absolute Gasteiger partial charge is 0.127 e. The first-order valence-corrected chi connectivity index (χ1v) is 8.05. The van der Waals surface area contributed by atoms with Gasteiger partial charge < -0.3 is 9.67 Å². The number of aromatic nitrogens is 3. The lowest BCUT2D eigenvalue weighted by Crippen LogP contribution is -2.29. The van der Waals surface area contributed by atoms with Crippen molar-refractivity contribution in [2.45, 2.75) is 12.1 Å². The second kappa shape index (κ2) is 7.18. The number of aliphatic hydroxyl groups is 1. The van der Waals surface area contributed by atoms with Gasteiger partial charge in [-0.15, -0.1) is 0 Å². The molecule has 0 radical (unpaired) electrons. The van der Waals surface area contributed by atoms with Gasteiger partial charge >= 0.3 is 0 Å². The average Bonchev–Trinajstić information content (AvgIpc) is 3.07. The molecule has 0 amide bonds. The second-order valence-electron chi connectivity index (χ2n) is 5.40. The molecule has 4 nitrogen and oxygen atoms in total. The molecule has 24 heavy (non-hydrogen) atoms. The highest BCUT2D eigenvalue weighted by atomic mass is 35.5. The van der Waals surface area contributed by atoms with Crippen molar-refractivity contribution in [3.8, 4) is 0 Å². The molecule has 2 heterocycles. The van der Waals surface area contributed by atoms with E-state index >= 15 is 0 Å². The van der Waals surface area contributed by atoms with E-state index in [1.807, 2.05) is 12.1 Å². The summed E-state index contributed by atoms with van der Waals surface area (Å²) in [5, 5.41) is 12.3. The highest BCUT2D eigenvalue weighted by Gasteiger charge is 2.27. The molecule has 1 N–H and O–H groups in total. The maximum absolute atomic E-state index is 11.2. The van der Waals surface area contributed by atoms with Crippen molar-refractivity contribution in [1.82, 2.24) is 14.5 Å². The van der Waals surface area contributed by atoms with Crippen molar-refractivity contribution in [3.05, 3.63) is 88.7 Å². The molecule has 6 heteroatoms. The minimum Gasteiger partial charge on any atom is -0.379 e. The van der Waals surface area contributed by atoms with E-state index < -0.39 is 5.60 Å². The van der Waals surface area contributed by atoms with Crippen LogP contribution >= 0.6 is 23.2 Å². The zero-order valence-electron chi connectivity index (χ0n) is 12.7. The van der Waals surface area contributed by atoms with Crippen LogP contribution in [0.25, 0.3) is 6.08 Å². The topological polar surface area (TPSA) is 50.9 Å². The van der Waals surface area contributed by atoms with E-state index in [4.69, 9.17) is 23.2 Å². The maximum atomic E-state index is 11.2. The first-order valence-electron chi connectivity index (χ1n) is 7.30. The molecule has 122 valence electrons. The highest BCUT2D eigenvalue weighted by molar-refractivity contribution is 6.35. The van der Waals surface area contributed by atoms with Crippen LogP contribution in [-0.2, 0) is 12.1 Å². The largest absolute Gasteiger partial charge is 0.379 e. The van der Waals surface area contributed by atoms with E-state index in [2.05, 4.69) is 9.97 Å². The highest BCUT2D eigenvalue weighted by Crippen LogP contribution is 2.28. The third-order valence-corrected chi connectivity index (χ3v) is 4.21. The van der Waals surface area contributed by atoms with E-state index in [0.717, 1.165) is 5.56 Å². The van der Waals surface area contributed by atoms with Crippen LogP contribution in [0.15, 0.2) is 67.5 Å². The van der Waals surface area contributed by atoms with Crippen LogP contribution in [0.4, 0.5) is 0 Å². The van der Waals surface area contributed by atoms with Crippen LogP contribution < -0.4 is 0 Å². The molecule has 2 aromatic heterocycles. The maximum Gasteiger partial charge on any atom is 0.127 e. The average molecular weight is 360 g/mol. The predicted molar refractivity (Wildman–Crippen MR) is 95.9 cm³/mol. The van der Waals surface area contributed by atoms with E-state index in [1.54, 1.807) is 66.0 Å². The lowest BCUT2D eigenvalue weighted by molar-refractivity contribution is 0.0701. The second-order valence-corrected chi connectivity index (χ2v) is 6.24. The summed E-state index contributed by atoms with van der Waals surface area (Å²) in [5.41, 5.74) is 0.201. The first-order chi connectivity index (χ1) is 11.6. The van der Waals surface area contributed by atoms with Gasteiger partial charge in [-0.1, -0.05) is 41.4 Å². The molecule has 0 aliphatic heterocycles. The van der Waals surface area contributed by atoms with Crippen LogP contribution in [-0.4, -0.2) is 19.6 Å². The van der Waals surface area contributed by atoms with Gasteiger partial charge in [-0.05, 0) is 29.8 Å². The Morgan fingerprint density at radius 1 is 1.17 bits per heavy atom. The van der Waals surface area contributed by atoms with Crippen LogP contribution in [0, 0.1) is 0 Å². The fourth-order valence-corrected chi connectivity index (χ4v) is 2.85. The van der Waals surface area contributed by atoms with Crippen LogP contribution in [0.3, 0.4) is 0 Å². The summed E-state index contributed by atoms with van der Waals surface area (Å²) in [6.45, 7) is 0.306. The molecule has 0 bridgehead atoms. The Labute approximate surface area is 150 Å². The summed E-state index contributed by atoms with van der Waals surface area (Å²) in [6, 6.07) is 8.85. The van der Waals surface area contributed by atoms with Gasteiger partial charge in [-0.2, -0.15) is 0 Å². The normalized spacial score (nSPS) is 14.0. The summed E-state index contributed by atoms with van der Waals surface area (Å²) in [7, 11) is 0. The van der Waals surface area contributed by atoms with Gasteiger partial charge in [0.1, 0.15) is 5.60 Å². The summed E-state index contributed by atoms with van der Waals surface area (Å²) >= 11 is 12.1. The van der Waals surface area contributed by atoms with Crippen molar-refractivity contribution in [1.29, 1.82) is 0 Å². The van der Waals surface area contributed by atoms with E-state index in [1.165, 1.54) is 0 Å². The predicted octanol–water partition coefficient (Wildman–Crippen LogP) is 4.19. The molecule has 0 saturated carbocycles. The molecule has 1 unspecified atom stereocenters. The van der Waals surface area contributed by atoms with Crippen molar-refractivity contribution >= 4 is 29.3 Å². The Balaban J connectivity index is 1.96. The molecule has 0 fully saturated rings. The van der Waals surface area contributed by atoms with Gasteiger partial charge in [0.05, 0.1) is 12.9 Å². The zero-order valence-corrected chi connectivity index (χ0v) is 14.2. The van der Waals surface area contributed by atoms with Gasteiger partial charge in [-0.25, -0.2) is 4.98 Å². The Bertz CT molecular complexity index is 835. The molecule has 1 atom stereocenters. The van der Waals surface area contributed by atoms with E-state index in [-0.39, 0.29) is 0 Å². The molecular formula is C18H15Cl2N3O. The number of rotatable bonds is 5. The quantitative estimate of drug-likeness (QED) is 0.742. The van der Waals surface area contributed by atoms with Crippen molar-refractivity contribution in [3.63, 3.8) is 0 Å². The van der Waals surface area contributed by atoms with Crippen molar-refractivity contribution in [2.24, 2.45) is 0 Å². The minimum absolute atomic E-state index is 0.306. The van der Waals surface area contributed by atoms with Gasteiger partial charge in [0.25, 0.3) is 0 Å². The molecule has 0 aliphatic rings. The monoisotopic (exact) mass is 359 g/mol.